The first-order chi connectivity index (χ1) is 10.7. The maximum atomic E-state index is 11.8. The summed E-state index contributed by atoms with van der Waals surface area (Å²) in [6.07, 6.45) is 3.20. The van der Waals surface area contributed by atoms with Gasteiger partial charge >= 0.3 is 0 Å². The molecule has 0 aliphatic rings. The van der Waals surface area contributed by atoms with E-state index in [0.29, 0.717) is 5.75 Å². The highest BCUT2D eigenvalue weighted by Gasteiger charge is 1.98. The fraction of sp³-hybridized carbons (Fsp3) is 0.111. The Morgan fingerprint density at radius 1 is 1.27 bits per heavy atom. The second-order valence-corrected chi connectivity index (χ2v) is 4.71. The van der Waals surface area contributed by atoms with Crippen LogP contribution in [0.15, 0.2) is 54.6 Å². The van der Waals surface area contributed by atoms with Crippen LogP contribution in [0.5, 0.6) is 5.75 Å². The van der Waals surface area contributed by atoms with Gasteiger partial charge in [0, 0.05) is 11.8 Å². The smallest absolute Gasteiger partial charge is 0.248 e. The van der Waals surface area contributed by atoms with Gasteiger partial charge in [-0.3, -0.25) is 4.79 Å². The lowest BCUT2D eigenvalue weighted by Crippen LogP contribution is -2.07. The number of nitrogens with zero attached hydrogens (tertiary/aromatic N) is 1. The molecule has 4 heteroatoms. The fourth-order valence-electron chi connectivity index (χ4n) is 1.87. The number of benzene rings is 2. The van der Waals surface area contributed by atoms with Crippen LogP contribution in [0, 0.1) is 18.3 Å². The Morgan fingerprint density at radius 2 is 2.05 bits per heavy atom. The van der Waals surface area contributed by atoms with Gasteiger partial charge in [-0.2, -0.15) is 5.26 Å². The molecule has 0 spiro atoms. The molecular weight excluding hydrogens is 276 g/mol. The molecule has 2 aromatic carbocycles. The van der Waals surface area contributed by atoms with Crippen molar-refractivity contribution in [2.24, 2.45) is 0 Å². The average molecular weight is 292 g/mol. The molecule has 0 heterocycles. The number of amides is 1. The lowest BCUT2D eigenvalue weighted by molar-refractivity contribution is -0.111. The minimum absolute atomic E-state index is 0.0219. The van der Waals surface area contributed by atoms with Crippen LogP contribution < -0.4 is 10.1 Å². The third-order valence-electron chi connectivity index (χ3n) is 2.90. The predicted octanol–water partition coefficient (Wildman–Crippen LogP) is 3.55. The van der Waals surface area contributed by atoms with Crippen LogP contribution in [0.2, 0.25) is 0 Å². The van der Waals surface area contributed by atoms with Crippen molar-refractivity contribution in [2.75, 3.05) is 11.9 Å². The molecule has 0 bridgehead atoms. The van der Waals surface area contributed by atoms with Gasteiger partial charge in [0.2, 0.25) is 5.91 Å². The number of nitrogens with one attached hydrogen (secondary N) is 1. The molecule has 110 valence electrons. The number of rotatable bonds is 5. The summed E-state index contributed by atoms with van der Waals surface area (Å²) >= 11 is 0. The van der Waals surface area contributed by atoms with E-state index in [1.165, 1.54) is 6.08 Å². The second kappa shape index (κ2) is 7.65. The van der Waals surface area contributed by atoms with E-state index in [0.717, 1.165) is 16.8 Å². The standard InChI is InChI=1S/C18H16N2O2/c1-14-3-2-4-16(13-14)20-18(21)10-7-15-5-8-17(9-6-15)22-12-11-19/h2-10,13H,12H2,1H3,(H,20,21)/b10-7+. The van der Waals surface area contributed by atoms with Crippen molar-refractivity contribution in [2.45, 2.75) is 6.92 Å². The first-order valence-electron chi connectivity index (χ1n) is 6.83. The minimum Gasteiger partial charge on any atom is -0.479 e. The second-order valence-electron chi connectivity index (χ2n) is 4.71. The van der Waals surface area contributed by atoms with E-state index < -0.39 is 0 Å². The Balaban J connectivity index is 1.93. The van der Waals surface area contributed by atoms with Gasteiger partial charge in [0.1, 0.15) is 11.8 Å². The number of carbonyl (C=O) groups excluding carboxylic acids is 1. The number of ether oxygens (including phenoxy) is 1. The normalized spacial score (nSPS) is 10.2. The molecular formula is C18H16N2O2. The number of hydrogen-bond donors (Lipinski definition) is 1. The highest BCUT2D eigenvalue weighted by atomic mass is 16.5. The van der Waals surface area contributed by atoms with Gasteiger partial charge in [-0.15, -0.1) is 0 Å². The molecule has 2 aromatic rings. The molecule has 4 nitrogen and oxygen atoms in total. The maximum Gasteiger partial charge on any atom is 0.248 e. The summed E-state index contributed by atoms with van der Waals surface area (Å²) in [5.74, 6) is 0.443. The number of nitriles is 1. The molecule has 2 rings (SSSR count). The third-order valence-corrected chi connectivity index (χ3v) is 2.90. The molecule has 0 saturated heterocycles. The molecule has 0 aliphatic carbocycles. The summed E-state index contributed by atoms with van der Waals surface area (Å²) in [5.41, 5.74) is 2.74. The summed E-state index contributed by atoms with van der Waals surface area (Å²) in [7, 11) is 0. The van der Waals surface area contributed by atoms with Crippen LogP contribution in [0.1, 0.15) is 11.1 Å². The molecule has 0 atom stereocenters. The van der Waals surface area contributed by atoms with Crippen molar-refractivity contribution in [3.63, 3.8) is 0 Å². The Morgan fingerprint density at radius 3 is 2.73 bits per heavy atom. The van der Waals surface area contributed by atoms with Gasteiger partial charge in [0.15, 0.2) is 6.61 Å². The van der Waals surface area contributed by atoms with Crippen LogP contribution >= 0.6 is 0 Å². The molecule has 0 saturated carbocycles. The van der Waals surface area contributed by atoms with Crippen molar-refractivity contribution >= 4 is 17.7 Å². The van der Waals surface area contributed by atoms with Crippen molar-refractivity contribution in [3.8, 4) is 11.8 Å². The summed E-state index contributed by atoms with van der Waals surface area (Å²) in [6, 6.07) is 16.7. The quantitative estimate of drug-likeness (QED) is 0.857. The Labute approximate surface area is 129 Å². The largest absolute Gasteiger partial charge is 0.479 e. The molecule has 0 aromatic heterocycles. The van der Waals surface area contributed by atoms with Crippen molar-refractivity contribution < 1.29 is 9.53 Å². The zero-order valence-electron chi connectivity index (χ0n) is 12.2. The Bertz CT molecular complexity index is 713. The number of hydrogen-bond acceptors (Lipinski definition) is 3. The van der Waals surface area contributed by atoms with Gasteiger partial charge in [0.25, 0.3) is 0 Å². The van der Waals surface area contributed by atoms with Crippen LogP contribution in [-0.2, 0) is 4.79 Å². The van der Waals surface area contributed by atoms with Crippen LogP contribution in [0.4, 0.5) is 5.69 Å². The molecule has 0 fully saturated rings. The van der Waals surface area contributed by atoms with E-state index in [1.807, 2.05) is 49.4 Å². The van der Waals surface area contributed by atoms with Gasteiger partial charge in [-0.1, -0.05) is 24.3 Å². The molecule has 1 N–H and O–H groups in total. The van der Waals surface area contributed by atoms with Crippen molar-refractivity contribution in [3.05, 3.63) is 65.7 Å². The van der Waals surface area contributed by atoms with Crippen molar-refractivity contribution in [1.82, 2.24) is 0 Å². The van der Waals surface area contributed by atoms with E-state index >= 15 is 0 Å². The maximum absolute atomic E-state index is 11.8. The summed E-state index contributed by atoms with van der Waals surface area (Å²) in [4.78, 5) is 11.8. The molecule has 22 heavy (non-hydrogen) atoms. The van der Waals surface area contributed by atoms with Gasteiger partial charge < -0.3 is 10.1 Å². The van der Waals surface area contributed by atoms with E-state index in [4.69, 9.17) is 10.00 Å². The van der Waals surface area contributed by atoms with Gasteiger partial charge in [0.05, 0.1) is 0 Å². The van der Waals surface area contributed by atoms with Crippen LogP contribution in [0.3, 0.4) is 0 Å². The van der Waals surface area contributed by atoms with Crippen molar-refractivity contribution in [1.29, 1.82) is 5.26 Å². The summed E-state index contributed by atoms with van der Waals surface area (Å²) in [5, 5.41) is 11.2. The number of aryl methyl sites for hydroxylation is 1. The SMILES string of the molecule is Cc1cccc(NC(=O)/C=C/c2ccc(OCC#N)cc2)c1. The monoisotopic (exact) mass is 292 g/mol. The molecule has 0 unspecified atom stereocenters. The number of carbonyl (C=O) groups is 1. The van der Waals surface area contributed by atoms with Gasteiger partial charge in [-0.25, -0.2) is 0 Å². The first-order valence-corrected chi connectivity index (χ1v) is 6.83. The lowest BCUT2D eigenvalue weighted by Gasteiger charge is -2.03. The third kappa shape index (κ3) is 4.80. The van der Waals surface area contributed by atoms with E-state index in [9.17, 15) is 4.79 Å². The fourth-order valence-corrected chi connectivity index (χ4v) is 1.87. The first kappa shape index (κ1) is 15.3. The highest BCUT2D eigenvalue weighted by Crippen LogP contribution is 2.13. The topological polar surface area (TPSA) is 62.1 Å². The van der Waals surface area contributed by atoms with Gasteiger partial charge in [-0.05, 0) is 48.4 Å². The van der Waals surface area contributed by atoms with E-state index in [2.05, 4.69) is 5.32 Å². The minimum atomic E-state index is -0.185. The zero-order chi connectivity index (χ0) is 15.8. The van der Waals surface area contributed by atoms with E-state index in [1.54, 1.807) is 18.2 Å². The molecule has 0 radical (unpaired) electrons. The Hall–Kier alpha value is -3.06. The molecule has 0 aliphatic heterocycles. The zero-order valence-corrected chi connectivity index (χ0v) is 12.2. The van der Waals surface area contributed by atoms with Crippen LogP contribution in [-0.4, -0.2) is 12.5 Å². The van der Waals surface area contributed by atoms with Crippen LogP contribution in [0.25, 0.3) is 6.08 Å². The highest BCUT2D eigenvalue weighted by molar-refractivity contribution is 6.01. The van der Waals surface area contributed by atoms with E-state index in [-0.39, 0.29) is 12.5 Å². The molecule has 1 amide bonds. The predicted molar refractivity (Wildman–Crippen MR) is 86.4 cm³/mol. The average Bonchev–Trinajstić information content (AvgIpc) is 2.52. The summed E-state index contributed by atoms with van der Waals surface area (Å²) in [6.45, 7) is 2.00. The summed E-state index contributed by atoms with van der Waals surface area (Å²) < 4.78 is 5.16. The Kier molecular flexibility index (Phi) is 5.33. The number of anilines is 1. The lowest BCUT2D eigenvalue weighted by atomic mass is 10.2.